The van der Waals surface area contributed by atoms with Crippen molar-refractivity contribution in [1.29, 1.82) is 0 Å². The molecule has 5 heteroatoms. The van der Waals surface area contributed by atoms with Crippen LogP contribution in [0.1, 0.15) is 18.9 Å². The number of hydrogen-bond donors (Lipinski definition) is 2. The first-order valence-corrected chi connectivity index (χ1v) is 9.32. The lowest BCUT2D eigenvalue weighted by Gasteiger charge is -2.19. The Morgan fingerprint density at radius 2 is 1.88 bits per heavy atom. The van der Waals surface area contributed by atoms with Crippen LogP contribution in [0, 0.1) is 11.7 Å². The van der Waals surface area contributed by atoms with Crippen molar-refractivity contribution in [3.63, 3.8) is 0 Å². The Bertz CT molecular complexity index is 717. The lowest BCUT2D eigenvalue weighted by molar-refractivity contribution is 0.565. The smallest absolute Gasteiger partial charge is 0.191 e. The highest BCUT2D eigenvalue weighted by molar-refractivity contribution is 5.79. The molecule has 0 aliphatic carbocycles. The highest BCUT2D eigenvalue weighted by atomic mass is 19.1. The zero-order chi connectivity index (χ0) is 18.2. The number of hydrogen-bond acceptors (Lipinski definition) is 2. The van der Waals surface area contributed by atoms with E-state index in [9.17, 15) is 4.39 Å². The van der Waals surface area contributed by atoms with Crippen molar-refractivity contribution in [1.82, 2.24) is 10.6 Å². The summed E-state index contributed by atoms with van der Waals surface area (Å²) < 4.78 is 13.7. The van der Waals surface area contributed by atoms with E-state index < -0.39 is 0 Å². The molecule has 26 heavy (non-hydrogen) atoms. The molecule has 0 bridgehead atoms. The summed E-state index contributed by atoms with van der Waals surface area (Å²) in [6, 6.07) is 17.3. The minimum absolute atomic E-state index is 0.207. The standard InChI is InChI=1S/C21H27FN4/c1-2-23-21(25-15-18-8-6-7-11-20(18)22)24-14-17-12-13-26(16-17)19-9-4-3-5-10-19/h3-11,17H,2,12-16H2,1H3,(H2,23,24,25). The largest absolute Gasteiger partial charge is 0.371 e. The predicted octanol–water partition coefficient (Wildman–Crippen LogP) is 3.41. The summed E-state index contributed by atoms with van der Waals surface area (Å²) in [4.78, 5) is 6.95. The fourth-order valence-corrected chi connectivity index (χ4v) is 3.25. The van der Waals surface area contributed by atoms with Gasteiger partial charge in [-0.1, -0.05) is 36.4 Å². The van der Waals surface area contributed by atoms with Crippen LogP contribution in [0.15, 0.2) is 59.6 Å². The van der Waals surface area contributed by atoms with Crippen molar-refractivity contribution in [2.75, 3.05) is 31.1 Å². The second-order valence-electron chi connectivity index (χ2n) is 6.60. The number of halogens is 1. The fraction of sp³-hybridized carbons (Fsp3) is 0.381. The quantitative estimate of drug-likeness (QED) is 0.617. The van der Waals surface area contributed by atoms with E-state index in [4.69, 9.17) is 0 Å². The molecule has 1 aliphatic rings. The van der Waals surface area contributed by atoms with Gasteiger partial charge in [0.15, 0.2) is 5.96 Å². The molecule has 3 rings (SSSR count). The van der Waals surface area contributed by atoms with E-state index in [1.165, 1.54) is 11.8 Å². The molecule has 1 fully saturated rings. The van der Waals surface area contributed by atoms with E-state index in [1.807, 2.05) is 19.1 Å². The number of para-hydroxylation sites is 1. The summed E-state index contributed by atoms with van der Waals surface area (Å²) in [5.41, 5.74) is 1.90. The van der Waals surface area contributed by atoms with Crippen LogP contribution in [0.3, 0.4) is 0 Å². The third-order valence-corrected chi connectivity index (χ3v) is 4.67. The normalized spacial score (nSPS) is 17.4. The molecule has 4 nitrogen and oxygen atoms in total. The molecule has 2 aromatic rings. The Labute approximate surface area is 155 Å². The number of benzene rings is 2. The summed E-state index contributed by atoms with van der Waals surface area (Å²) in [5.74, 6) is 1.11. The van der Waals surface area contributed by atoms with E-state index in [0.29, 0.717) is 18.0 Å². The summed E-state index contributed by atoms with van der Waals surface area (Å²) in [6.07, 6.45) is 1.16. The molecule has 2 N–H and O–H groups in total. The molecule has 1 unspecified atom stereocenters. The first kappa shape index (κ1) is 18.2. The van der Waals surface area contributed by atoms with Crippen LogP contribution < -0.4 is 15.5 Å². The minimum atomic E-state index is -0.207. The Balaban J connectivity index is 1.52. The average molecular weight is 354 g/mol. The summed E-state index contributed by atoms with van der Waals surface area (Å²) in [6.45, 7) is 6.15. The number of rotatable bonds is 6. The molecular formula is C21H27FN4. The lowest BCUT2D eigenvalue weighted by atomic mass is 10.1. The molecule has 0 spiro atoms. The molecule has 2 aromatic carbocycles. The van der Waals surface area contributed by atoms with Crippen molar-refractivity contribution in [2.24, 2.45) is 10.9 Å². The molecule has 1 aliphatic heterocycles. The van der Waals surface area contributed by atoms with Gasteiger partial charge >= 0.3 is 0 Å². The van der Waals surface area contributed by atoms with Gasteiger partial charge in [-0.25, -0.2) is 9.38 Å². The second kappa shape index (κ2) is 9.22. The minimum Gasteiger partial charge on any atom is -0.371 e. The summed E-state index contributed by atoms with van der Waals surface area (Å²) in [5, 5.41) is 6.66. The van der Waals surface area contributed by atoms with Crippen LogP contribution in [0.5, 0.6) is 0 Å². The van der Waals surface area contributed by atoms with E-state index >= 15 is 0 Å². The molecule has 1 atom stereocenters. The second-order valence-corrected chi connectivity index (χ2v) is 6.60. The van der Waals surface area contributed by atoms with Crippen LogP contribution in [-0.4, -0.2) is 32.1 Å². The van der Waals surface area contributed by atoms with Crippen molar-refractivity contribution < 1.29 is 4.39 Å². The fourth-order valence-electron chi connectivity index (χ4n) is 3.25. The van der Waals surface area contributed by atoms with E-state index in [0.717, 1.165) is 38.6 Å². The summed E-state index contributed by atoms with van der Waals surface area (Å²) in [7, 11) is 0. The Morgan fingerprint density at radius 1 is 1.12 bits per heavy atom. The lowest BCUT2D eigenvalue weighted by Crippen LogP contribution is -2.40. The van der Waals surface area contributed by atoms with Crippen molar-refractivity contribution in [3.8, 4) is 0 Å². The van der Waals surface area contributed by atoms with Gasteiger partial charge < -0.3 is 15.5 Å². The molecule has 1 heterocycles. The van der Waals surface area contributed by atoms with Gasteiger partial charge in [0.2, 0.25) is 0 Å². The number of aliphatic imine (C=N–C) groups is 1. The topological polar surface area (TPSA) is 39.7 Å². The third-order valence-electron chi connectivity index (χ3n) is 4.67. The Hall–Kier alpha value is -2.56. The van der Waals surface area contributed by atoms with Gasteiger partial charge in [-0.2, -0.15) is 0 Å². The van der Waals surface area contributed by atoms with Crippen molar-refractivity contribution in [2.45, 2.75) is 19.9 Å². The molecule has 0 radical (unpaired) electrons. The average Bonchev–Trinajstić information content (AvgIpc) is 3.15. The number of nitrogens with zero attached hydrogens (tertiary/aromatic N) is 2. The first-order chi connectivity index (χ1) is 12.8. The van der Waals surface area contributed by atoms with Gasteiger partial charge in [0, 0.05) is 37.4 Å². The highest BCUT2D eigenvalue weighted by Crippen LogP contribution is 2.22. The van der Waals surface area contributed by atoms with Crippen LogP contribution in [-0.2, 0) is 6.54 Å². The maximum Gasteiger partial charge on any atom is 0.191 e. The molecule has 0 saturated carbocycles. The van der Waals surface area contributed by atoms with Crippen molar-refractivity contribution >= 4 is 11.6 Å². The molecule has 0 amide bonds. The number of nitrogens with one attached hydrogen (secondary N) is 2. The predicted molar refractivity (Wildman–Crippen MR) is 106 cm³/mol. The Kier molecular flexibility index (Phi) is 6.47. The molecule has 1 saturated heterocycles. The molecular weight excluding hydrogens is 327 g/mol. The third kappa shape index (κ3) is 4.97. The highest BCUT2D eigenvalue weighted by Gasteiger charge is 2.22. The molecule has 138 valence electrons. The van der Waals surface area contributed by atoms with Gasteiger partial charge in [-0.05, 0) is 37.5 Å². The zero-order valence-electron chi connectivity index (χ0n) is 15.3. The summed E-state index contributed by atoms with van der Waals surface area (Å²) >= 11 is 0. The van der Waals surface area contributed by atoms with Gasteiger partial charge in [-0.3, -0.25) is 0 Å². The first-order valence-electron chi connectivity index (χ1n) is 9.32. The maximum absolute atomic E-state index is 13.7. The SMILES string of the molecule is CCNC(=NCc1ccccc1F)NCC1CCN(c2ccccc2)C1. The number of guanidine groups is 1. The van der Waals surface area contributed by atoms with Crippen LogP contribution >= 0.6 is 0 Å². The van der Waals surface area contributed by atoms with Gasteiger partial charge in [-0.15, -0.1) is 0 Å². The van der Waals surface area contributed by atoms with Crippen LogP contribution in [0.25, 0.3) is 0 Å². The van der Waals surface area contributed by atoms with Crippen molar-refractivity contribution in [3.05, 3.63) is 66.0 Å². The number of anilines is 1. The van der Waals surface area contributed by atoms with Crippen LogP contribution in [0.4, 0.5) is 10.1 Å². The maximum atomic E-state index is 13.7. The Morgan fingerprint density at radius 3 is 2.65 bits per heavy atom. The van der Waals surface area contributed by atoms with Gasteiger partial charge in [0.05, 0.1) is 6.54 Å². The van der Waals surface area contributed by atoms with Gasteiger partial charge in [0.1, 0.15) is 5.82 Å². The van der Waals surface area contributed by atoms with E-state index in [-0.39, 0.29) is 5.82 Å². The van der Waals surface area contributed by atoms with Crippen LogP contribution in [0.2, 0.25) is 0 Å². The van der Waals surface area contributed by atoms with E-state index in [1.54, 1.807) is 12.1 Å². The molecule has 0 aromatic heterocycles. The zero-order valence-corrected chi connectivity index (χ0v) is 15.3. The monoisotopic (exact) mass is 354 g/mol. The van der Waals surface area contributed by atoms with E-state index in [2.05, 4.69) is 44.8 Å². The van der Waals surface area contributed by atoms with Gasteiger partial charge in [0.25, 0.3) is 0 Å².